The van der Waals surface area contributed by atoms with Crippen LogP contribution < -0.4 is 4.57 Å². The van der Waals surface area contributed by atoms with E-state index in [1.807, 2.05) is 30.3 Å². The zero-order valence-electron chi connectivity index (χ0n) is 11.9. The van der Waals surface area contributed by atoms with Crippen molar-refractivity contribution in [3.05, 3.63) is 76.5 Å². The number of halogens is 4. The zero-order valence-corrected chi connectivity index (χ0v) is 13.5. The summed E-state index contributed by atoms with van der Waals surface area (Å²) in [4.78, 5) is 2.50. The van der Waals surface area contributed by atoms with Crippen molar-refractivity contribution in [2.45, 2.75) is 12.7 Å². The SMILES string of the molecule is FC(F)(F)c1c[n+](Cc2ccccc2)c(-c2ccc(Br)cc2)[nH]1. The lowest BCUT2D eigenvalue weighted by molar-refractivity contribution is -0.676. The van der Waals surface area contributed by atoms with Crippen LogP contribution in [0.3, 0.4) is 0 Å². The molecule has 3 aromatic rings. The minimum Gasteiger partial charge on any atom is -0.233 e. The first-order chi connectivity index (χ1) is 10.9. The van der Waals surface area contributed by atoms with Gasteiger partial charge >= 0.3 is 6.18 Å². The number of rotatable bonds is 3. The second-order valence-electron chi connectivity index (χ2n) is 5.13. The first-order valence-corrected chi connectivity index (χ1v) is 7.72. The molecule has 2 nitrogen and oxygen atoms in total. The van der Waals surface area contributed by atoms with Gasteiger partial charge in [-0.2, -0.15) is 13.2 Å². The first-order valence-electron chi connectivity index (χ1n) is 6.93. The second-order valence-corrected chi connectivity index (χ2v) is 6.05. The summed E-state index contributed by atoms with van der Waals surface area (Å²) in [7, 11) is 0. The van der Waals surface area contributed by atoms with Gasteiger partial charge in [0.15, 0.2) is 0 Å². The molecule has 0 atom stereocenters. The number of hydrogen-bond acceptors (Lipinski definition) is 0. The molecule has 0 aliphatic heterocycles. The number of imidazole rings is 1. The Balaban J connectivity index is 2.05. The van der Waals surface area contributed by atoms with Crippen LogP contribution in [0.15, 0.2) is 65.3 Å². The molecule has 0 amide bonds. The Morgan fingerprint density at radius 2 is 1.61 bits per heavy atom. The fourth-order valence-corrected chi connectivity index (χ4v) is 2.61. The maximum Gasteiger partial charge on any atom is 0.457 e. The molecule has 23 heavy (non-hydrogen) atoms. The zero-order chi connectivity index (χ0) is 16.4. The Labute approximate surface area is 139 Å². The van der Waals surface area contributed by atoms with Gasteiger partial charge in [-0.25, -0.2) is 9.55 Å². The van der Waals surface area contributed by atoms with E-state index in [2.05, 4.69) is 20.9 Å². The largest absolute Gasteiger partial charge is 0.457 e. The highest BCUT2D eigenvalue weighted by Crippen LogP contribution is 2.29. The van der Waals surface area contributed by atoms with Crippen molar-refractivity contribution in [2.75, 3.05) is 0 Å². The average molecular weight is 382 g/mol. The van der Waals surface area contributed by atoms with Gasteiger partial charge in [0.05, 0.1) is 5.56 Å². The summed E-state index contributed by atoms with van der Waals surface area (Å²) in [5.41, 5.74) is 0.870. The van der Waals surface area contributed by atoms with Crippen LogP contribution in [0.2, 0.25) is 0 Å². The molecule has 0 unspecified atom stereocenters. The quantitative estimate of drug-likeness (QED) is 0.628. The van der Waals surface area contributed by atoms with Gasteiger partial charge in [0.25, 0.3) is 5.82 Å². The van der Waals surface area contributed by atoms with Crippen LogP contribution >= 0.6 is 15.9 Å². The van der Waals surface area contributed by atoms with Gasteiger partial charge in [0.2, 0.25) is 5.69 Å². The van der Waals surface area contributed by atoms with Crippen molar-refractivity contribution in [3.63, 3.8) is 0 Å². The van der Waals surface area contributed by atoms with Crippen LogP contribution in [0.1, 0.15) is 11.3 Å². The highest BCUT2D eigenvalue weighted by Gasteiger charge is 2.39. The predicted molar refractivity (Wildman–Crippen MR) is 84.7 cm³/mol. The summed E-state index contributed by atoms with van der Waals surface area (Å²) < 4.78 is 41.6. The third-order valence-corrected chi connectivity index (χ3v) is 3.97. The Kier molecular flexibility index (Phi) is 4.26. The van der Waals surface area contributed by atoms with Crippen molar-refractivity contribution >= 4 is 15.9 Å². The monoisotopic (exact) mass is 381 g/mol. The lowest BCUT2D eigenvalue weighted by Gasteiger charge is -2.01. The predicted octanol–water partition coefficient (Wildman–Crippen LogP) is 4.80. The third-order valence-electron chi connectivity index (χ3n) is 3.44. The molecule has 0 bridgehead atoms. The summed E-state index contributed by atoms with van der Waals surface area (Å²) in [5, 5.41) is 0. The molecule has 2 aromatic carbocycles. The maximum atomic E-state index is 13.0. The van der Waals surface area contributed by atoms with E-state index in [0.717, 1.165) is 16.2 Å². The topological polar surface area (TPSA) is 19.7 Å². The van der Waals surface area contributed by atoms with E-state index < -0.39 is 11.9 Å². The van der Waals surface area contributed by atoms with Gasteiger partial charge in [-0.1, -0.05) is 46.3 Å². The highest BCUT2D eigenvalue weighted by atomic mass is 79.9. The van der Waals surface area contributed by atoms with Crippen molar-refractivity contribution in [3.8, 4) is 11.4 Å². The molecular weight excluding hydrogens is 369 g/mol. The number of aromatic nitrogens is 2. The Bertz CT molecular complexity index is 793. The molecule has 0 saturated carbocycles. The van der Waals surface area contributed by atoms with Crippen LogP contribution in [0.4, 0.5) is 13.2 Å². The maximum absolute atomic E-state index is 13.0. The van der Waals surface area contributed by atoms with Gasteiger partial charge in [0.1, 0.15) is 12.7 Å². The van der Waals surface area contributed by atoms with Crippen molar-refractivity contribution in [2.24, 2.45) is 0 Å². The van der Waals surface area contributed by atoms with Crippen molar-refractivity contribution in [1.82, 2.24) is 4.98 Å². The molecule has 3 rings (SSSR count). The minimum atomic E-state index is -4.41. The van der Waals surface area contributed by atoms with Gasteiger partial charge in [-0.05, 0) is 29.8 Å². The smallest absolute Gasteiger partial charge is 0.233 e. The molecule has 6 heteroatoms. The standard InChI is InChI=1S/C17H12BrF3N2/c18-14-8-6-13(7-9-14)16-22-15(17(19,20)21)11-23(16)10-12-4-2-1-3-5-12/h1-9,11H,10H2/p+1. The molecule has 0 aliphatic rings. The van der Waals surface area contributed by atoms with E-state index in [0.29, 0.717) is 17.9 Å². The van der Waals surface area contributed by atoms with Crippen molar-refractivity contribution in [1.29, 1.82) is 0 Å². The van der Waals surface area contributed by atoms with Crippen LogP contribution in [0.5, 0.6) is 0 Å². The molecule has 1 N–H and O–H groups in total. The highest BCUT2D eigenvalue weighted by molar-refractivity contribution is 9.10. The first kappa shape index (κ1) is 15.8. The van der Waals surface area contributed by atoms with Crippen LogP contribution in [-0.2, 0) is 12.7 Å². The number of nitrogens with zero attached hydrogens (tertiary/aromatic N) is 1. The van der Waals surface area contributed by atoms with E-state index in [9.17, 15) is 13.2 Å². The van der Waals surface area contributed by atoms with E-state index >= 15 is 0 Å². The fraction of sp³-hybridized carbons (Fsp3) is 0.118. The average Bonchev–Trinajstić information content (AvgIpc) is 2.93. The summed E-state index contributed by atoms with van der Waals surface area (Å²) in [6, 6.07) is 16.5. The van der Waals surface area contributed by atoms with Crippen LogP contribution in [0.25, 0.3) is 11.4 Å². The number of alkyl halides is 3. The number of H-pyrrole nitrogens is 1. The van der Waals surface area contributed by atoms with Gasteiger partial charge in [0, 0.05) is 4.47 Å². The number of benzene rings is 2. The van der Waals surface area contributed by atoms with Gasteiger partial charge < -0.3 is 0 Å². The van der Waals surface area contributed by atoms with Gasteiger partial charge in [-0.3, -0.25) is 0 Å². The van der Waals surface area contributed by atoms with Crippen LogP contribution in [-0.4, -0.2) is 4.98 Å². The molecule has 1 heterocycles. The number of aromatic amines is 1. The Morgan fingerprint density at radius 3 is 2.22 bits per heavy atom. The second kappa shape index (κ2) is 6.20. The lowest BCUT2D eigenvalue weighted by Crippen LogP contribution is -2.34. The van der Waals surface area contributed by atoms with E-state index in [4.69, 9.17) is 0 Å². The summed E-state index contributed by atoms with van der Waals surface area (Å²) >= 11 is 3.33. The molecule has 118 valence electrons. The van der Waals surface area contributed by atoms with E-state index in [-0.39, 0.29) is 0 Å². The third kappa shape index (κ3) is 3.64. The minimum absolute atomic E-state index is 0.360. The fourth-order valence-electron chi connectivity index (χ4n) is 2.35. The Hall–Kier alpha value is -2.08. The summed E-state index contributed by atoms with van der Waals surface area (Å²) in [5.74, 6) is 0.425. The molecule has 0 spiro atoms. The van der Waals surface area contributed by atoms with Crippen LogP contribution in [0, 0.1) is 0 Å². The normalized spacial score (nSPS) is 11.7. The Morgan fingerprint density at radius 1 is 0.957 bits per heavy atom. The van der Waals surface area contributed by atoms with Gasteiger partial charge in [-0.15, -0.1) is 0 Å². The van der Waals surface area contributed by atoms with Crippen molar-refractivity contribution < 1.29 is 17.7 Å². The molecule has 0 radical (unpaired) electrons. The lowest BCUT2D eigenvalue weighted by atomic mass is 10.2. The molecule has 0 aliphatic carbocycles. The number of nitrogens with one attached hydrogen (secondary N) is 1. The molecule has 0 saturated heterocycles. The molecule has 1 aromatic heterocycles. The molecule has 0 fully saturated rings. The van der Waals surface area contributed by atoms with E-state index in [1.165, 1.54) is 0 Å². The van der Waals surface area contributed by atoms with E-state index in [1.54, 1.807) is 28.8 Å². The number of hydrogen-bond donors (Lipinski definition) is 1. The summed E-state index contributed by atoms with van der Waals surface area (Å²) in [6.07, 6.45) is -3.30. The summed E-state index contributed by atoms with van der Waals surface area (Å²) in [6.45, 7) is 0.360. The molecular formula is C17H13BrF3N2+.